The molecule has 15 heavy (non-hydrogen) atoms. The van der Waals surface area contributed by atoms with Crippen LogP contribution in [0.5, 0.6) is 5.75 Å². The van der Waals surface area contributed by atoms with Crippen molar-refractivity contribution >= 4 is 5.91 Å². The summed E-state index contributed by atoms with van der Waals surface area (Å²) in [7, 11) is 0. The quantitative estimate of drug-likeness (QED) is 0.759. The van der Waals surface area contributed by atoms with Crippen LogP contribution in [0.25, 0.3) is 0 Å². The molecule has 1 aliphatic heterocycles. The summed E-state index contributed by atoms with van der Waals surface area (Å²) < 4.78 is 18.4. The summed E-state index contributed by atoms with van der Waals surface area (Å²) >= 11 is 0. The number of carbonyl (C=O) groups excluding carboxylic acids is 1. The predicted molar refractivity (Wildman–Crippen MR) is 52.8 cm³/mol. The molecule has 0 atom stereocenters. The van der Waals surface area contributed by atoms with Gasteiger partial charge in [0.1, 0.15) is 0 Å². The van der Waals surface area contributed by atoms with E-state index in [1.807, 2.05) is 0 Å². The molecule has 0 radical (unpaired) electrons. The molecule has 0 aliphatic carbocycles. The third-order valence-corrected chi connectivity index (χ3v) is 2.38. The van der Waals surface area contributed by atoms with E-state index in [-0.39, 0.29) is 18.4 Å². The molecule has 1 amide bonds. The second kappa shape index (κ2) is 4.29. The van der Waals surface area contributed by atoms with Crippen LogP contribution in [-0.2, 0) is 4.79 Å². The lowest BCUT2D eigenvalue weighted by Crippen LogP contribution is -2.29. The van der Waals surface area contributed by atoms with E-state index in [4.69, 9.17) is 4.74 Å². The first-order valence-electron chi connectivity index (χ1n) is 4.92. The molecule has 4 heteroatoms. The zero-order valence-corrected chi connectivity index (χ0v) is 8.28. The van der Waals surface area contributed by atoms with Crippen LogP contribution in [0.3, 0.4) is 0 Å². The minimum atomic E-state index is -0.399. The number of ether oxygens (including phenoxy) is 1. The second-order valence-electron chi connectivity index (χ2n) is 3.46. The summed E-state index contributed by atoms with van der Waals surface area (Å²) in [5, 5.41) is 0. The Labute approximate surface area is 87.5 Å². The first kappa shape index (κ1) is 9.96. The van der Waals surface area contributed by atoms with Gasteiger partial charge in [-0.25, -0.2) is 4.39 Å². The highest BCUT2D eigenvalue weighted by Gasteiger charge is 2.20. The van der Waals surface area contributed by atoms with E-state index in [1.54, 1.807) is 23.1 Å². The monoisotopic (exact) mass is 209 g/mol. The molecule has 1 aromatic carbocycles. The molecule has 1 saturated heterocycles. The number of hydrogen-bond donors (Lipinski definition) is 0. The van der Waals surface area contributed by atoms with Gasteiger partial charge >= 0.3 is 0 Å². The maximum Gasteiger partial charge on any atom is 0.225 e. The van der Waals surface area contributed by atoms with Crippen LogP contribution < -0.4 is 4.74 Å². The Hall–Kier alpha value is -1.58. The van der Waals surface area contributed by atoms with Crippen LogP contribution in [0.15, 0.2) is 24.3 Å². The van der Waals surface area contributed by atoms with Crippen molar-refractivity contribution in [2.75, 3.05) is 13.3 Å². The van der Waals surface area contributed by atoms with Crippen molar-refractivity contribution < 1.29 is 13.9 Å². The van der Waals surface area contributed by atoms with Crippen LogP contribution in [0.4, 0.5) is 4.39 Å². The van der Waals surface area contributed by atoms with E-state index in [0.29, 0.717) is 13.0 Å². The van der Waals surface area contributed by atoms with Crippen LogP contribution >= 0.6 is 0 Å². The molecule has 0 saturated carbocycles. The Morgan fingerprint density at radius 3 is 2.87 bits per heavy atom. The first-order chi connectivity index (χ1) is 7.27. The third kappa shape index (κ3) is 2.26. The molecule has 0 bridgehead atoms. The molecule has 80 valence electrons. The Kier molecular flexibility index (Phi) is 2.85. The zero-order valence-electron chi connectivity index (χ0n) is 8.28. The summed E-state index contributed by atoms with van der Waals surface area (Å²) in [5.41, 5.74) is 0. The summed E-state index contributed by atoms with van der Waals surface area (Å²) in [6, 6.07) is 6.18. The molecular weight excluding hydrogens is 197 g/mol. The predicted octanol–water partition coefficient (Wildman–Crippen LogP) is 1.78. The highest BCUT2D eigenvalue weighted by atomic mass is 19.1. The maximum atomic E-state index is 13.1. The fourth-order valence-electron chi connectivity index (χ4n) is 1.55. The van der Waals surface area contributed by atoms with Gasteiger partial charge in [-0.1, -0.05) is 12.1 Å². The minimum absolute atomic E-state index is 0.0753. The van der Waals surface area contributed by atoms with Crippen LogP contribution in [-0.4, -0.2) is 24.1 Å². The number of likely N-dealkylation sites (tertiary alicyclic amines) is 1. The second-order valence-corrected chi connectivity index (χ2v) is 3.46. The normalized spacial score (nSPS) is 15.8. The van der Waals surface area contributed by atoms with Gasteiger partial charge in [-0.3, -0.25) is 4.79 Å². The Morgan fingerprint density at radius 2 is 2.20 bits per heavy atom. The molecule has 0 unspecified atom stereocenters. The Balaban J connectivity index is 1.93. The van der Waals surface area contributed by atoms with Crippen LogP contribution in [0.2, 0.25) is 0 Å². The van der Waals surface area contributed by atoms with Crippen molar-refractivity contribution in [1.29, 1.82) is 0 Å². The van der Waals surface area contributed by atoms with Gasteiger partial charge in [0.2, 0.25) is 5.91 Å². The molecule has 0 N–H and O–H groups in total. The fourth-order valence-corrected chi connectivity index (χ4v) is 1.55. The number of hydrogen-bond acceptors (Lipinski definition) is 2. The number of para-hydroxylation sites is 1. The molecule has 0 spiro atoms. The van der Waals surface area contributed by atoms with E-state index < -0.39 is 5.82 Å². The van der Waals surface area contributed by atoms with Crippen molar-refractivity contribution in [1.82, 2.24) is 4.90 Å². The average molecular weight is 209 g/mol. The van der Waals surface area contributed by atoms with Gasteiger partial charge in [0, 0.05) is 13.0 Å². The number of nitrogens with zero attached hydrogens (tertiary/aromatic N) is 1. The Bertz CT molecular complexity index is 367. The van der Waals surface area contributed by atoms with E-state index in [9.17, 15) is 9.18 Å². The summed E-state index contributed by atoms with van der Waals surface area (Å²) in [6.45, 7) is 0.840. The molecule has 0 aromatic heterocycles. The molecule has 1 aromatic rings. The standard InChI is InChI=1S/C11H12FNO2/c12-9-4-1-2-5-10(9)15-8-13-7-3-6-11(13)14/h1-2,4-5H,3,6-8H2. The molecule has 1 aliphatic rings. The van der Waals surface area contributed by atoms with Crippen molar-refractivity contribution in [3.8, 4) is 5.75 Å². The van der Waals surface area contributed by atoms with Gasteiger partial charge in [0.15, 0.2) is 18.3 Å². The number of benzene rings is 1. The zero-order chi connectivity index (χ0) is 10.7. The summed E-state index contributed by atoms with van der Waals surface area (Å²) in [5.74, 6) is -0.132. The largest absolute Gasteiger partial charge is 0.470 e. The van der Waals surface area contributed by atoms with Crippen molar-refractivity contribution in [2.24, 2.45) is 0 Å². The summed E-state index contributed by atoms with van der Waals surface area (Å²) in [4.78, 5) is 12.8. The van der Waals surface area contributed by atoms with Crippen LogP contribution in [0.1, 0.15) is 12.8 Å². The lowest BCUT2D eigenvalue weighted by molar-refractivity contribution is -0.130. The highest BCUT2D eigenvalue weighted by Crippen LogP contribution is 2.17. The van der Waals surface area contributed by atoms with Crippen LogP contribution in [0, 0.1) is 5.82 Å². The molecule has 2 rings (SSSR count). The van der Waals surface area contributed by atoms with Crippen molar-refractivity contribution in [2.45, 2.75) is 12.8 Å². The number of halogens is 1. The first-order valence-corrected chi connectivity index (χ1v) is 4.92. The number of rotatable bonds is 3. The minimum Gasteiger partial charge on any atom is -0.470 e. The average Bonchev–Trinajstić information content (AvgIpc) is 2.63. The van der Waals surface area contributed by atoms with Gasteiger partial charge in [0.25, 0.3) is 0 Å². The van der Waals surface area contributed by atoms with Crippen molar-refractivity contribution in [3.63, 3.8) is 0 Å². The lowest BCUT2D eigenvalue weighted by atomic mass is 10.3. The maximum absolute atomic E-state index is 13.1. The van der Waals surface area contributed by atoms with Crippen molar-refractivity contribution in [3.05, 3.63) is 30.1 Å². The van der Waals surface area contributed by atoms with Gasteiger partial charge < -0.3 is 9.64 Å². The van der Waals surface area contributed by atoms with Gasteiger partial charge in [0.05, 0.1) is 0 Å². The van der Waals surface area contributed by atoms with Gasteiger partial charge in [-0.2, -0.15) is 0 Å². The molecule has 1 heterocycles. The van der Waals surface area contributed by atoms with E-state index in [2.05, 4.69) is 0 Å². The number of carbonyl (C=O) groups is 1. The highest BCUT2D eigenvalue weighted by molar-refractivity contribution is 5.77. The molecular formula is C11H12FNO2. The smallest absolute Gasteiger partial charge is 0.225 e. The lowest BCUT2D eigenvalue weighted by Gasteiger charge is -2.16. The topological polar surface area (TPSA) is 29.5 Å². The van der Waals surface area contributed by atoms with Gasteiger partial charge in [-0.15, -0.1) is 0 Å². The summed E-state index contributed by atoms with van der Waals surface area (Å²) in [6.07, 6.45) is 1.43. The van der Waals surface area contributed by atoms with E-state index >= 15 is 0 Å². The Morgan fingerprint density at radius 1 is 1.40 bits per heavy atom. The molecule has 3 nitrogen and oxygen atoms in total. The molecule has 1 fully saturated rings. The SMILES string of the molecule is O=C1CCCN1COc1ccccc1F. The number of amides is 1. The van der Waals surface area contributed by atoms with Gasteiger partial charge in [-0.05, 0) is 18.6 Å². The van der Waals surface area contributed by atoms with E-state index in [0.717, 1.165) is 6.42 Å². The fraction of sp³-hybridized carbons (Fsp3) is 0.364. The van der Waals surface area contributed by atoms with E-state index in [1.165, 1.54) is 6.07 Å². The third-order valence-electron chi connectivity index (χ3n) is 2.38.